The predicted molar refractivity (Wildman–Crippen MR) is 80.6 cm³/mol. The molecule has 19 heavy (non-hydrogen) atoms. The third-order valence-corrected chi connectivity index (χ3v) is 3.65. The molecule has 5 heteroatoms. The van der Waals surface area contributed by atoms with E-state index in [1.165, 1.54) is 11.8 Å². The van der Waals surface area contributed by atoms with Crippen LogP contribution >= 0.6 is 11.8 Å². The molecule has 0 atom stereocenters. The van der Waals surface area contributed by atoms with Crippen LogP contribution in [0.5, 0.6) is 5.75 Å². The highest BCUT2D eigenvalue weighted by Crippen LogP contribution is 2.30. The fourth-order valence-electron chi connectivity index (χ4n) is 1.50. The topological polar surface area (TPSA) is 64.3 Å². The summed E-state index contributed by atoms with van der Waals surface area (Å²) in [5.41, 5.74) is 6.34. The first-order valence-corrected chi connectivity index (χ1v) is 7.34. The Morgan fingerprint density at radius 3 is 2.84 bits per heavy atom. The number of anilines is 1. The van der Waals surface area contributed by atoms with Crippen LogP contribution in [0, 0.1) is 5.92 Å². The number of benzene rings is 1. The summed E-state index contributed by atoms with van der Waals surface area (Å²) in [5, 5.41) is 2.91. The Balaban J connectivity index is 2.41. The average molecular weight is 282 g/mol. The highest BCUT2D eigenvalue weighted by Gasteiger charge is 2.07. The molecule has 0 radical (unpaired) electrons. The van der Waals surface area contributed by atoms with Crippen molar-refractivity contribution in [3.63, 3.8) is 0 Å². The summed E-state index contributed by atoms with van der Waals surface area (Å²) >= 11 is 1.45. The highest BCUT2D eigenvalue weighted by atomic mass is 32.2. The quantitative estimate of drug-likeness (QED) is 0.596. The molecule has 0 bridgehead atoms. The molecule has 1 rings (SSSR count). The minimum atomic E-state index is 0.0459. The van der Waals surface area contributed by atoms with Crippen LogP contribution in [0.25, 0.3) is 0 Å². The van der Waals surface area contributed by atoms with E-state index < -0.39 is 0 Å². The Bertz CT molecular complexity index is 422. The molecule has 1 amide bonds. The normalized spacial score (nSPS) is 10.5. The molecule has 0 aliphatic rings. The first kappa shape index (κ1) is 15.7. The summed E-state index contributed by atoms with van der Waals surface area (Å²) in [5.74, 6) is 1.74. The van der Waals surface area contributed by atoms with Gasteiger partial charge in [0.25, 0.3) is 0 Å². The second-order valence-electron chi connectivity index (χ2n) is 4.73. The van der Waals surface area contributed by atoms with Gasteiger partial charge in [-0.05, 0) is 24.5 Å². The van der Waals surface area contributed by atoms with Gasteiger partial charge in [-0.25, -0.2) is 0 Å². The molecule has 0 saturated heterocycles. The van der Waals surface area contributed by atoms with E-state index in [2.05, 4.69) is 19.2 Å². The molecule has 0 aliphatic heterocycles. The van der Waals surface area contributed by atoms with Crippen molar-refractivity contribution in [2.24, 2.45) is 5.92 Å². The standard InChI is InChI=1S/C14H22N2O2S/c1-10(2)6-7-16-14(17)9-19-13-5-4-11(15)8-12(13)18-3/h4-5,8,10H,6-7,9,15H2,1-3H3,(H,16,17). The van der Waals surface area contributed by atoms with Crippen LogP contribution in [-0.4, -0.2) is 25.3 Å². The molecule has 1 aromatic carbocycles. The number of nitrogen functional groups attached to an aromatic ring is 1. The summed E-state index contributed by atoms with van der Waals surface area (Å²) < 4.78 is 5.24. The number of hydrogen-bond donors (Lipinski definition) is 2. The number of hydrogen-bond acceptors (Lipinski definition) is 4. The van der Waals surface area contributed by atoms with E-state index >= 15 is 0 Å². The number of methoxy groups -OCH3 is 1. The van der Waals surface area contributed by atoms with Crippen LogP contribution in [0.1, 0.15) is 20.3 Å². The fraction of sp³-hybridized carbons (Fsp3) is 0.500. The van der Waals surface area contributed by atoms with Gasteiger partial charge in [0.2, 0.25) is 5.91 Å². The molecule has 0 heterocycles. The van der Waals surface area contributed by atoms with Crippen LogP contribution < -0.4 is 15.8 Å². The summed E-state index contributed by atoms with van der Waals surface area (Å²) in [4.78, 5) is 12.6. The zero-order valence-corrected chi connectivity index (χ0v) is 12.5. The summed E-state index contributed by atoms with van der Waals surface area (Å²) in [6.07, 6.45) is 1.00. The third-order valence-electron chi connectivity index (χ3n) is 2.59. The van der Waals surface area contributed by atoms with Gasteiger partial charge in [0, 0.05) is 23.2 Å². The number of carbonyl (C=O) groups is 1. The molecule has 0 saturated carbocycles. The number of carbonyl (C=O) groups excluding carboxylic acids is 1. The van der Waals surface area contributed by atoms with E-state index in [4.69, 9.17) is 10.5 Å². The van der Waals surface area contributed by atoms with Crippen LogP contribution in [0.4, 0.5) is 5.69 Å². The summed E-state index contributed by atoms with van der Waals surface area (Å²) in [7, 11) is 1.60. The average Bonchev–Trinajstić information content (AvgIpc) is 2.36. The molecular formula is C14H22N2O2S. The van der Waals surface area contributed by atoms with Crippen molar-refractivity contribution in [2.75, 3.05) is 25.1 Å². The van der Waals surface area contributed by atoms with Gasteiger partial charge >= 0.3 is 0 Å². The third kappa shape index (κ3) is 5.87. The monoisotopic (exact) mass is 282 g/mol. The van der Waals surface area contributed by atoms with Gasteiger partial charge in [-0.15, -0.1) is 11.8 Å². The number of thioether (sulfide) groups is 1. The van der Waals surface area contributed by atoms with Crippen molar-refractivity contribution in [2.45, 2.75) is 25.2 Å². The van der Waals surface area contributed by atoms with E-state index in [-0.39, 0.29) is 5.91 Å². The SMILES string of the molecule is COc1cc(N)ccc1SCC(=O)NCCC(C)C. The second kappa shape index (κ2) is 7.94. The Labute approximate surface area is 119 Å². The van der Waals surface area contributed by atoms with Crippen molar-refractivity contribution >= 4 is 23.4 Å². The van der Waals surface area contributed by atoms with Gasteiger partial charge in [0.15, 0.2) is 0 Å². The Morgan fingerprint density at radius 1 is 1.47 bits per heavy atom. The molecular weight excluding hydrogens is 260 g/mol. The molecule has 0 unspecified atom stereocenters. The van der Waals surface area contributed by atoms with Gasteiger partial charge in [-0.2, -0.15) is 0 Å². The predicted octanol–water partition coefficient (Wildman–Crippen LogP) is 2.53. The van der Waals surface area contributed by atoms with Crippen molar-refractivity contribution in [3.05, 3.63) is 18.2 Å². The first-order chi connectivity index (χ1) is 9.02. The number of nitrogens with one attached hydrogen (secondary N) is 1. The molecule has 0 fully saturated rings. The molecule has 1 aromatic rings. The van der Waals surface area contributed by atoms with Crippen LogP contribution in [0.15, 0.2) is 23.1 Å². The molecule has 3 N–H and O–H groups in total. The van der Waals surface area contributed by atoms with Gasteiger partial charge < -0.3 is 15.8 Å². The lowest BCUT2D eigenvalue weighted by molar-refractivity contribution is -0.118. The number of amides is 1. The Kier molecular flexibility index (Phi) is 6.56. The fourth-order valence-corrected chi connectivity index (χ4v) is 2.34. The smallest absolute Gasteiger partial charge is 0.230 e. The maximum absolute atomic E-state index is 11.7. The second-order valence-corrected chi connectivity index (χ2v) is 5.75. The minimum Gasteiger partial charge on any atom is -0.496 e. The first-order valence-electron chi connectivity index (χ1n) is 6.36. The Morgan fingerprint density at radius 2 is 2.21 bits per heavy atom. The minimum absolute atomic E-state index is 0.0459. The lowest BCUT2D eigenvalue weighted by atomic mass is 10.1. The van der Waals surface area contributed by atoms with Crippen molar-refractivity contribution < 1.29 is 9.53 Å². The number of nitrogens with two attached hydrogens (primary N) is 1. The van der Waals surface area contributed by atoms with Crippen molar-refractivity contribution in [1.29, 1.82) is 0 Å². The van der Waals surface area contributed by atoms with Gasteiger partial charge in [0.05, 0.1) is 12.9 Å². The van der Waals surface area contributed by atoms with Gasteiger partial charge in [-0.3, -0.25) is 4.79 Å². The van der Waals surface area contributed by atoms with E-state index in [0.717, 1.165) is 17.9 Å². The molecule has 0 spiro atoms. The zero-order chi connectivity index (χ0) is 14.3. The van der Waals surface area contributed by atoms with E-state index in [1.807, 2.05) is 12.1 Å². The molecule has 106 valence electrons. The van der Waals surface area contributed by atoms with Crippen LogP contribution in [0.2, 0.25) is 0 Å². The number of ether oxygens (including phenoxy) is 1. The lowest BCUT2D eigenvalue weighted by Gasteiger charge is -2.10. The highest BCUT2D eigenvalue weighted by molar-refractivity contribution is 8.00. The van der Waals surface area contributed by atoms with Crippen LogP contribution in [-0.2, 0) is 4.79 Å². The molecule has 4 nitrogen and oxygen atoms in total. The van der Waals surface area contributed by atoms with Crippen molar-refractivity contribution in [3.8, 4) is 5.75 Å². The van der Waals surface area contributed by atoms with Crippen molar-refractivity contribution in [1.82, 2.24) is 5.32 Å². The maximum atomic E-state index is 11.7. The van der Waals surface area contributed by atoms with E-state index in [1.54, 1.807) is 13.2 Å². The zero-order valence-electron chi connectivity index (χ0n) is 11.7. The van der Waals surface area contributed by atoms with Gasteiger partial charge in [-0.1, -0.05) is 13.8 Å². The largest absolute Gasteiger partial charge is 0.496 e. The van der Waals surface area contributed by atoms with E-state index in [9.17, 15) is 4.79 Å². The molecule has 0 aliphatic carbocycles. The van der Waals surface area contributed by atoms with Crippen LogP contribution in [0.3, 0.4) is 0 Å². The van der Waals surface area contributed by atoms with Gasteiger partial charge in [0.1, 0.15) is 5.75 Å². The lowest BCUT2D eigenvalue weighted by Crippen LogP contribution is -2.26. The summed E-state index contributed by atoms with van der Waals surface area (Å²) in [6, 6.07) is 5.45. The van der Waals surface area contributed by atoms with E-state index in [0.29, 0.717) is 23.1 Å². The molecule has 0 aromatic heterocycles. The maximum Gasteiger partial charge on any atom is 0.230 e. The Hall–Kier alpha value is -1.36. The summed E-state index contributed by atoms with van der Waals surface area (Å²) in [6.45, 7) is 5.01. The number of rotatable bonds is 7.